The lowest BCUT2D eigenvalue weighted by molar-refractivity contribution is -0.136. The lowest BCUT2D eigenvalue weighted by Gasteiger charge is -2.10. The van der Waals surface area contributed by atoms with Gasteiger partial charge >= 0.3 is 15.3 Å². The Labute approximate surface area is 73.0 Å². The van der Waals surface area contributed by atoms with Crippen molar-refractivity contribution in [2.24, 2.45) is 0 Å². The number of carbonyl (C=O) groups is 2. The molecule has 0 aliphatic rings. The Balaban J connectivity index is 3.84. The van der Waals surface area contributed by atoms with Crippen LogP contribution in [0.1, 0.15) is 13.8 Å². The molecule has 1 atom stereocenters. The van der Waals surface area contributed by atoms with E-state index in [0.717, 1.165) is 0 Å². The zero-order chi connectivity index (χ0) is 9.72. The molecule has 0 rings (SSSR count). The van der Waals surface area contributed by atoms with Gasteiger partial charge in [0.1, 0.15) is 0 Å². The third kappa shape index (κ3) is 4.67. The molecule has 0 aromatic heterocycles. The van der Waals surface area contributed by atoms with Crippen LogP contribution in [0.25, 0.3) is 0 Å². The molecule has 0 fully saturated rings. The van der Waals surface area contributed by atoms with E-state index < -0.39 is 21.2 Å². The fraction of sp³-hybridized carbons (Fsp3) is 0.429. The Morgan fingerprint density at radius 3 is 2.08 bits per heavy atom. The Kier molecular flexibility index (Phi) is 4.28. The summed E-state index contributed by atoms with van der Waals surface area (Å²) in [5, 5.41) is 0. The van der Waals surface area contributed by atoms with Crippen LogP contribution < -0.4 is 0 Å². The summed E-state index contributed by atoms with van der Waals surface area (Å²) < 4.78 is 9.47. The SMILES string of the molecule is C=C(C)C(=O)O[SiH](C)OC(C)=O. The third-order valence-electron chi connectivity index (χ3n) is 0.953. The number of carbonyl (C=O) groups excluding carboxylic acids is 2. The molecule has 0 saturated heterocycles. The lowest BCUT2D eigenvalue weighted by atomic mass is 10.4. The average Bonchev–Trinajstić information content (AvgIpc) is 1.84. The minimum atomic E-state index is -2.13. The van der Waals surface area contributed by atoms with Crippen LogP contribution in [0.15, 0.2) is 12.2 Å². The summed E-state index contributed by atoms with van der Waals surface area (Å²) in [5.41, 5.74) is 0.307. The van der Waals surface area contributed by atoms with Crippen molar-refractivity contribution in [2.75, 3.05) is 0 Å². The predicted molar refractivity (Wildman–Crippen MR) is 45.7 cm³/mol. The van der Waals surface area contributed by atoms with E-state index in [2.05, 4.69) is 11.0 Å². The Morgan fingerprint density at radius 1 is 1.25 bits per heavy atom. The fourth-order valence-electron chi connectivity index (χ4n) is 0.509. The van der Waals surface area contributed by atoms with Gasteiger partial charge in [0, 0.05) is 12.5 Å². The van der Waals surface area contributed by atoms with Gasteiger partial charge in [0.25, 0.3) is 5.97 Å². The summed E-state index contributed by atoms with van der Waals surface area (Å²) in [6.07, 6.45) is 0. The van der Waals surface area contributed by atoms with Crippen LogP contribution in [0.3, 0.4) is 0 Å². The van der Waals surface area contributed by atoms with Crippen molar-refractivity contribution in [1.29, 1.82) is 0 Å². The molecule has 4 nitrogen and oxygen atoms in total. The molecular weight excluding hydrogens is 176 g/mol. The van der Waals surface area contributed by atoms with E-state index in [1.165, 1.54) is 13.8 Å². The highest BCUT2D eigenvalue weighted by Gasteiger charge is 2.14. The maximum absolute atomic E-state index is 10.9. The van der Waals surface area contributed by atoms with Gasteiger partial charge in [-0.05, 0) is 13.5 Å². The van der Waals surface area contributed by atoms with Gasteiger partial charge in [0.05, 0.1) is 0 Å². The molecular formula is C7H12O4Si. The van der Waals surface area contributed by atoms with Gasteiger partial charge in [0.2, 0.25) is 0 Å². The Morgan fingerprint density at radius 2 is 1.75 bits per heavy atom. The van der Waals surface area contributed by atoms with E-state index in [0.29, 0.717) is 5.57 Å². The van der Waals surface area contributed by atoms with Crippen LogP contribution in [0.4, 0.5) is 0 Å². The quantitative estimate of drug-likeness (QED) is 0.478. The average molecular weight is 188 g/mol. The third-order valence-corrected chi connectivity index (χ3v) is 2.16. The second kappa shape index (κ2) is 4.71. The molecule has 0 N–H and O–H groups in total. The minimum absolute atomic E-state index is 0.307. The summed E-state index contributed by atoms with van der Waals surface area (Å²) in [4.78, 5) is 21.3. The monoisotopic (exact) mass is 188 g/mol. The van der Waals surface area contributed by atoms with Crippen molar-refractivity contribution < 1.29 is 18.4 Å². The van der Waals surface area contributed by atoms with E-state index in [-0.39, 0.29) is 0 Å². The number of rotatable bonds is 3. The van der Waals surface area contributed by atoms with Crippen molar-refractivity contribution in [3.63, 3.8) is 0 Å². The molecule has 0 heterocycles. The summed E-state index contributed by atoms with van der Waals surface area (Å²) in [6, 6.07) is 0. The molecule has 68 valence electrons. The Bertz CT molecular complexity index is 211. The number of hydrogen-bond donors (Lipinski definition) is 0. The molecule has 0 aliphatic carbocycles. The maximum atomic E-state index is 10.9. The topological polar surface area (TPSA) is 52.6 Å². The van der Waals surface area contributed by atoms with Crippen LogP contribution in [0, 0.1) is 0 Å². The summed E-state index contributed by atoms with van der Waals surface area (Å²) in [7, 11) is -2.13. The first-order chi connectivity index (χ1) is 5.43. The first-order valence-electron chi connectivity index (χ1n) is 3.47. The van der Waals surface area contributed by atoms with Crippen molar-refractivity contribution in [3.05, 3.63) is 12.2 Å². The van der Waals surface area contributed by atoms with E-state index in [1.807, 2.05) is 0 Å². The highest BCUT2D eigenvalue weighted by atomic mass is 28.3. The molecule has 1 unspecified atom stereocenters. The van der Waals surface area contributed by atoms with Crippen LogP contribution >= 0.6 is 0 Å². The Hall–Kier alpha value is -1.10. The molecule has 0 saturated carbocycles. The molecule has 0 spiro atoms. The van der Waals surface area contributed by atoms with Gasteiger partial charge in [-0.15, -0.1) is 0 Å². The molecule has 12 heavy (non-hydrogen) atoms. The van der Waals surface area contributed by atoms with Gasteiger partial charge in [0.15, 0.2) is 0 Å². The van der Waals surface area contributed by atoms with Crippen LogP contribution in [0.2, 0.25) is 6.55 Å². The summed E-state index contributed by atoms with van der Waals surface area (Å²) in [6.45, 7) is 7.81. The normalized spacial score (nSPS) is 11.6. The molecule has 0 aromatic carbocycles. The zero-order valence-electron chi connectivity index (χ0n) is 7.42. The lowest BCUT2D eigenvalue weighted by Crippen LogP contribution is -2.25. The smallest absolute Gasteiger partial charge is 0.445 e. The molecule has 0 bridgehead atoms. The first-order valence-corrected chi connectivity index (χ1v) is 5.57. The van der Waals surface area contributed by atoms with Crippen molar-refractivity contribution in [2.45, 2.75) is 20.4 Å². The summed E-state index contributed by atoms with van der Waals surface area (Å²) >= 11 is 0. The molecule has 5 heteroatoms. The highest BCUT2D eigenvalue weighted by Crippen LogP contribution is 1.96. The van der Waals surface area contributed by atoms with Crippen LogP contribution in [-0.4, -0.2) is 21.2 Å². The standard InChI is InChI=1S/C7H12O4Si/c1-5(2)7(9)11-12(4)10-6(3)8/h12H,1H2,2-4H3. The minimum Gasteiger partial charge on any atom is -0.487 e. The van der Waals surface area contributed by atoms with Crippen molar-refractivity contribution in [1.82, 2.24) is 0 Å². The largest absolute Gasteiger partial charge is 0.487 e. The molecule has 0 aliphatic heterocycles. The molecule has 0 radical (unpaired) electrons. The van der Waals surface area contributed by atoms with E-state index >= 15 is 0 Å². The molecule has 0 aromatic rings. The van der Waals surface area contributed by atoms with Gasteiger partial charge < -0.3 is 8.85 Å². The summed E-state index contributed by atoms with van der Waals surface area (Å²) in [5.74, 6) is -0.931. The second-order valence-corrected chi connectivity index (χ2v) is 3.97. The molecule has 0 amide bonds. The van der Waals surface area contributed by atoms with E-state index in [9.17, 15) is 9.59 Å². The second-order valence-electron chi connectivity index (χ2n) is 2.36. The van der Waals surface area contributed by atoms with Crippen LogP contribution in [-0.2, 0) is 18.4 Å². The first kappa shape index (κ1) is 10.9. The van der Waals surface area contributed by atoms with Crippen LogP contribution in [0.5, 0.6) is 0 Å². The number of hydrogen-bond acceptors (Lipinski definition) is 4. The van der Waals surface area contributed by atoms with Crippen molar-refractivity contribution >= 4 is 21.2 Å². The van der Waals surface area contributed by atoms with Gasteiger partial charge in [-0.25, -0.2) is 4.79 Å². The van der Waals surface area contributed by atoms with Gasteiger partial charge in [-0.2, -0.15) is 0 Å². The predicted octanol–water partition coefficient (Wildman–Crippen LogP) is 0.519. The van der Waals surface area contributed by atoms with E-state index in [1.54, 1.807) is 6.55 Å². The fourth-order valence-corrected chi connectivity index (χ4v) is 1.53. The zero-order valence-corrected chi connectivity index (χ0v) is 8.57. The van der Waals surface area contributed by atoms with Crippen molar-refractivity contribution in [3.8, 4) is 0 Å². The van der Waals surface area contributed by atoms with Gasteiger partial charge in [-0.1, -0.05) is 6.58 Å². The maximum Gasteiger partial charge on any atom is 0.445 e. The van der Waals surface area contributed by atoms with Gasteiger partial charge in [-0.3, -0.25) is 4.79 Å². The van der Waals surface area contributed by atoms with E-state index in [4.69, 9.17) is 4.43 Å². The highest BCUT2D eigenvalue weighted by molar-refractivity contribution is 6.47.